The first kappa shape index (κ1) is 18.2. The maximum absolute atomic E-state index is 13.9. The minimum Gasteiger partial charge on any atom is -0.337 e. The number of benzene rings is 2. The van der Waals surface area contributed by atoms with Gasteiger partial charge < -0.3 is 4.90 Å². The van der Waals surface area contributed by atoms with Crippen molar-refractivity contribution in [1.82, 2.24) is 14.5 Å². The minimum atomic E-state index is -0.492. The van der Waals surface area contributed by atoms with Gasteiger partial charge in [-0.3, -0.25) is 4.79 Å². The maximum Gasteiger partial charge on any atom is 0.254 e. The number of fused-ring (bicyclic) bond motifs is 1. The van der Waals surface area contributed by atoms with Crippen molar-refractivity contribution in [3.63, 3.8) is 0 Å². The van der Waals surface area contributed by atoms with Crippen molar-refractivity contribution in [3.8, 4) is 11.1 Å². The van der Waals surface area contributed by atoms with Crippen LogP contribution >= 0.6 is 11.6 Å². The summed E-state index contributed by atoms with van der Waals surface area (Å²) in [5.41, 5.74) is 3.48. The van der Waals surface area contributed by atoms with Gasteiger partial charge in [0.1, 0.15) is 5.82 Å². The molecule has 0 radical (unpaired) electrons. The molecule has 28 heavy (non-hydrogen) atoms. The lowest BCUT2D eigenvalue weighted by molar-refractivity contribution is 0.0785. The summed E-state index contributed by atoms with van der Waals surface area (Å²) in [6, 6.07) is 17.9. The van der Waals surface area contributed by atoms with E-state index < -0.39 is 5.82 Å². The van der Waals surface area contributed by atoms with Crippen LogP contribution in [0.1, 0.15) is 15.9 Å². The van der Waals surface area contributed by atoms with Crippen molar-refractivity contribution in [1.29, 1.82) is 0 Å². The molecule has 140 valence electrons. The Labute approximate surface area is 166 Å². The highest BCUT2D eigenvalue weighted by Gasteiger charge is 2.17. The van der Waals surface area contributed by atoms with Gasteiger partial charge in [0.05, 0.1) is 16.7 Å². The Morgan fingerprint density at radius 2 is 1.89 bits per heavy atom. The largest absolute Gasteiger partial charge is 0.337 e. The molecule has 0 fully saturated rings. The number of aromatic nitrogens is 2. The molecule has 0 saturated heterocycles. The zero-order valence-corrected chi connectivity index (χ0v) is 15.9. The molecule has 2 aromatic heterocycles. The molecule has 4 aromatic rings. The summed E-state index contributed by atoms with van der Waals surface area (Å²) in [7, 11) is 1.76. The molecule has 0 N–H and O–H groups in total. The van der Waals surface area contributed by atoms with Gasteiger partial charge in [-0.1, -0.05) is 54.1 Å². The standard InChI is InChI=1S/C22H17ClFN3O/c1-26(14-15-6-3-2-4-7-15)22(28)16-10-11-27-20(12-16)18(13-25-27)17-8-5-9-19(24)21(17)23/h2-13H,14H2,1H3. The Kier molecular flexibility index (Phi) is 4.84. The molecule has 0 aliphatic heterocycles. The van der Waals surface area contributed by atoms with Crippen LogP contribution in [0.15, 0.2) is 73.1 Å². The second-order valence-corrected chi connectivity index (χ2v) is 6.93. The van der Waals surface area contributed by atoms with Crippen LogP contribution in [0.4, 0.5) is 4.39 Å². The Hall–Kier alpha value is -3.18. The highest BCUT2D eigenvalue weighted by atomic mass is 35.5. The van der Waals surface area contributed by atoms with Crippen LogP contribution in [-0.4, -0.2) is 27.5 Å². The third kappa shape index (κ3) is 3.37. The van der Waals surface area contributed by atoms with E-state index in [4.69, 9.17) is 11.6 Å². The summed E-state index contributed by atoms with van der Waals surface area (Å²) < 4.78 is 15.5. The van der Waals surface area contributed by atoms with E-state index in [2.05, 4.69) is 5.10 Å². The van der Waals surface area contributed by atoms with Gasteiger partial charge >= 0.3 is 0 Å². The second kappa shape index (κ2) is 7.44. The van der Waals surface area contributed by atoms with Crippen LogP contribution in [0.5, 0.6) is 0 Å². The molecule has 0 aliphatic rings. The Bertz CT molecular complexity index is 1160. The van der Waals surface area contributed by atoms with Crippen LogP contribution in [0.25, 0.3) is 16.6 Å². The van der Waals surface area contributed by atoms with Gasteiger partial charge in [-0.05, 0) is 23.8 Å². The van der Waals surface area contributed by atoms with Crippen molar-refractivity contribution in [2.24, 2.45) is 0 Å². The zero-order valence-electron chi connectivity index (χ0n) is 15.1. The Morgan fingerprint density at radius 1 is 1.11 bits per heavy atom. The van der Waals surface area contributed by atoms with Crippen LogP contribution in [0.2, 0.25) is 5.02 Å². The Balaban J connectivity index is 1.69. The van der Waals surface area contributed by atoms with E-state index in [1.165, 1.54) is 6.07 Å². The van der Waals surface area contributed by atoms with Crippen LogP contribution < -0.4 is 0 Å². The number of hydrogen-bond acceptors (Lipinski definition) is 2. The second-order valence-electron chi connectivity index (χ2n) is 6.55. The van der Waals surface area contributed by atoms with E-state index in [1.807, 2.05) is 30.3 Å². The van der Waals surface area contributed by atoms with Gasteiger partial charge in [-0.2, -0.15) is 5.10 Å². The van der Waals surface area contributed by atoms with Crippen LogP contribution in [0, 0.1) is 5.82 Å². The summed E-state index contributed by atoms with van der Waals surface area (Å²) in [6.07, 6.45) is 3.34. The first-order valence-electron chi connectivity index (χ1n) is 8.76. The molecule has 0 aliphatic carbocycles. The molecule has 4 nitrogen and oxygen atoms in total. The van der Waals surface area contributed by atoms with E-state index >= 15 is 0 Å². The topological polar surface area (TPSA) is 37.6 Å². The molecular formula is C22H17ClFN3O. The molecule has 0 spiro atoms. The minimum absolute atomic E-state index is 0.0373. The molecule has 0 unspecified atom stereocenters. The highest BCUT2D eigenvalue weighted by molar-refractivity contribution is 6.33. The number of halogens is 2. The summed E-state index contributed by atoms with van der Waals surface area (Å²) in [5.74, 6) is -0.600. The van der Waals surface area contributed by atoms with Gasteiger partial charge in [0.2, 0.25) is 0 Å². The molecule has 0 atom stereocenters. The quantitative estimate of drug-likeness (QED) is 0.485. The summed E-state index contributed by atoms with van der Waals surface area (Å²) >= 11 is 6.14. The van der Waals surface area contributed by atoms with E-state index in [9.17, 15) is 9.18 Å². The predicted molar refractivity (Wildman–Crippen MR) is 108 cm³/mol. The molecule has 2 heterocycles. The van der Waals surface area contributed by atoms with E-state index in [0.717, 1.165) is 5.56 Å². The third-order valence-corrected chi connectivity index (χ3v) is 5.00. The van der Waals surface area contributed by atoms with Crippen LogP contribution in [0.3, 0.4) is 0 Å². The fraction of sp³-hybridized carbons (Fsp3) is 0.0909. The van der Waals surface area contributed by atoms with E-state index in [-0.39, 0.29) is 10.9 Å². The van der Waals surface area contributed by atoms with Crippen molar-refractivity contribution in [2.45, 2.75) is 6.54 Å². The molecular weight excluding hydrogens is 377 g/mol. The number of hydrogen-bond donors (Lipinski definition) is 0. The average molecular weight is 394 g/mol. The summed E-state index contributed by atoms with van der Waals surface area (Å²) in [4.78, 5) is 14.6. The number of carbonyl (C=O) groups is 1. The summed E-state index contributed by atoms with van der Waals surface area (Å²) in [6.45, 7) is 0.507. The van der Waals surface area contributed by atoms with Gasteiger partial charge in [0, 0.05) is 36.5 Å². The molecule has 6 heteroatoms. The molecule has 0 saturated carbocycles. The van der Waals surface area contributed by atoms with Crippen molar-refractivity contribution in [3.05, 3.63) is 95.0 Å². The molecule has 0 bridgehead atoms. The van der Waals surface area contributed by atoms with Gasteiger partial charge in [0.25, 0.3) is 5.91 Å². The number of pyridine rings is 1. The molecule has 2 aromatic carbocycles. The molecule has 1 amide bonds. The number of carbonyl (C=O) groups excluding carboxylic acids is 1. The number of nitrogens with zero attached hydrogens (tertiary/aromatic N) is 3. The fourth-order valence-electron chi connectivity index (χ4n) is 3.18. The monoisotopic (exact) mass is 393 g/mol. The smallest absolute Gasteiger partial charge is 0.254 e. The van der Waals surface area contributed by atoms with Crippen molar-refractivity contribution in [2.75, 3.05) is 7.05 Å². The fourth-order valence-corrected chi connectivity index (χ4v) is 3.41. The SMILES string of the molecule is CN(Cc1ccccc1)C(=O)c1ccn2ncc(-c3cccc(F)c3Cl)c2c1. The molecule has 4 rings (SSSR count). The Morgan fingerprint density at radius 3 is 2.68 bits per heavy atom. The summed E-state index contributed by atoms with van der Waals surface area (Å²) in [5, 5.41) is 4.33. The lowest BCUT2D eigenvalue weighted by Crippen LogP contribution is -2.26. The number of amides is 1. The van der Waals surface area contributed by atoms with Gasteiger partial charge in [0.15, 0.2) is 0 Å². The third-order valence-electron chi connectivity index (χ3n) is 4.62. The maximum atomic E-state index is 13.9. The average Bonchev–Trinajstić information content (AvgIpc) is 3.13. The van der Waals surface area contributed by atoms with Gasteiger partial charge in [-0.25, -0.2) is 8.91 Å². The van der Waals surface area contributed by atoms with Crippen LogP contribution in [-0.2, 0) is 6.54 Å². The normalized spacial score (nSPS) is 11.0. The van der Waals surface area contributed by atoms with E-state index in [0.29, 0.717) is 28.8 Å². The lowest BCUT2D eigenvalue weighted by Gasteiger charge is -2.17. The first-order chi connectivity index (χ1) is 13.5. The predicted octanol–water partition coefficient (Wildman–Crippen LogP) is 5.07. The zero-order chi connectivity index (χ0) is 19.7. The van der Waals surface area contributed by atoms with E-state index in [1.54, 1.807) is 53.1 Å². The van der Waals surface area contributed by atoms with Gasteiger partial charge in [-0.15, -0.1) is 0 Å². The highest BCUT2D eigenvalue weighted by Crippen LogP contribution is 2.33. The lowest BCUT2D eigenvalue weighted by atomic mass is 10.1. The van der Waals surface area contributed by atoms with Crippen molar-refractivity contribution < 1.29 is 9.18 Å². The number of rotatable bonds is 4. The van der Waals surface area contributed by atoms with Crippen molar-refractivity contribution >= 4 is 23.0 Å². The first-order valence-corrected chi connectivity index (χ1v) is 9.13.